The molecule has 2 heterocycles. The molecule has 1 unspecified atom stereocenters. The van der Waals surface area contributed by atoms with Crippen molar-refractivity contribution in [3.05, 3.63) is 60.7 Å². The van der Waals surface area contributed by atoms with Crippen LogP contribution in [0.5, 0.6) is 0 Å². The van der Waals surface area contributed by atoms with Crippen molar-refractivity contribution in [3.8, 4) is 0 Å². The lowest BCUT2D eigenvalue weighted by molar-refractivity contribution is 0.310. The fraction of sp³-hybridized carbons (Fsp3) is 0.200. The van der Waals surface area contributed by atoms with Crippen LogP contribution in [0.4, 0.5) is 11.4 Å². The highest BCUT2D eigenvalue weighted by molar-refractivity contribution is 8.13. The summed E-state index contributed by atoms with van der Waals surface area (Å²) < 4.78 is 20.2. The highest BCUT2D eigenvalue weighted by Gasteiger charge is 2.38. The Morgan fingerprint density at radius 3 is 1.96 bits per heavy atom. The van der Waals surface area contributed by atoms with E-state index in [2.05, 4.69) is 19.8 Å². The van der Waals surface area contributed by atoms with Crippen LogP contribution < -0.4 is 15.3 Å². The number of rotatable bonds is 4. The van der Waals surface area contributed by atoms with E-state index in [4.69, 9.17) is 36.0 Å². The molecule has 0 radical (unpaired) electrons. The maximum atomic E-state index is 6.55. The van der Waals surface area contributed by atoms with Gasteiger partial charge in [-0.15, -0.1) is 0 Å². The summed E-state index contributed by atoms with van der Waals surface area (Å²) in [5, 5.41) is 10.2. The third-order valence-corrected chi connectivity index (χ3v) is 14.2. The first-order chi connectivity index (χ1) is 13.0. The molecule has 2 aromatic rings. The Labute approximate surface area is 168 Å². The summed E-state index contributed by atoms with van der Waals surface area (Å²) >= 11 is 13.1. The van der Waals surface area contributed by atoms with Crippen molar-refractivity contribution in [2.75, 3.05) is 23.3 Å². The van der Waals surface area contributed by atoms with E-state index in [1.165, 1.54) is 0 Å². The summed E-state index contributed by atoms with van der Waals surface area (Å²) in [6, 6.07) is 19.5. The van der Waals surface area contributed by atoms with Gasteiger partial charge in [0.1, 0.15) is 0 Å². The zero-order valence-corrected chi connectivity index (χ0v) is 18.4. The van der Waals surface area contributed by atoms with Crippen LogP contribution in [-0.4, -0.2) is 13.2 Å². The summed E-state index contributed by atoms with van der Waals surface area (Å²) in [4.78, 5) is 0. The van der Waals surface area contributed by atoms with Crippen LogP contribution in [-0.2, 0) is 4.52 Å². The quantitative estimate of drug-likeness (QED) is 0.409. The van der Waals surface area contributed by atoms with E-state index in [1.807, 2.05) is 60.7 Å². The van der Waals surface area contributed by atoms with Crippen molar-refractivity contribution >= 4 is 54.9 Å². The van der Waals surface area contributed by atoms with E-state index in [0.29, 0.717) is 6.61 Å². The van der Waals surface area contributed by atoms with E-state index in [1.54, 1.807) is 0 Å². The van der Waals surface area contributed by atoms with Crippen LogP contribution in [0.15, 0.2) is 74.2 Å². The van der Waals surface area contributed by atoms with Crippen LogP contribution in [0.25, 0.3) is 0 Å². The molecule has 7 nitrogen and oxygen atoms in total. The fourth-order valence-corrected chi connectivity index (χ4v) is 14.9. The van der Waals surface area contributed by atoms with Gasteiger partial charge in [0.2, 0.25) is 0 Å². The predicted molar refractivity (Wildman–Crippen MR) is 118 cm³/mol. The molecule has 2 aliphatic rings. The first-order valence-electron chi connectivity index (χ1n) is 8.36. The fourth-order valence-electron chi connectivity index (χ4n) is 2.68. The molecular formula is C15H19Cl2N6OP3. The third kappa shape index (κ3) is 4.81. The predicted octanol–water partition coefficient (Wildman–Crippen LogP) is 7.55. The van der Waals surface area contributed by atoms with Gasteiger partial charge in [-0.1, -0.05) is 36.4 Å². The smallest absolute Gasteiger partial charge is 0.280 e. The minimum atomic E-state index is -2.98. The summed E-state index contributed by atoms with van der Waals surface area (Å²) in [5.41, 5.74) is 1.74. The summed E-state index contributed by atoms with van der Waals surface area (Å²) in [7, 11) is -5.47. The highest BCUT2D eigenvalue weighted by Crippen LogP contribution is 2.81. The first kappa shape index (κ1) is 19.5. The van der Waals surface area contributed by atoms with Gasteiger partial charge in [-0.2, -0.15) is 13.5 Å². The molecule has 1 spiro atoms. The lowest BCUT2D eigenvalue weighted by Gasteiger charge is -2.34. The Kier molecular flexibility index (Phi) is 5.74. The Balaban J connectivity index is 1.86. The molecule has 12 heteroatoms. The van der Waals surface area contributed by atoms with Crippen LogP contribution in [0.2, 0.25) is 0 Å². The molecule has 2 aliphatic heterocycles. The number of anilines is 2. The standard InChI is InChI=1S/C15H19Cl2N6OP3/c16-25(17)21-26(19-14-8-3-1-4-9-14,20-15-10-5-2-6-11-15)23-27(22-25)18-12-7-13-24-27/h1-6,8-11,18-20H,7,12-13H2. The maximum Gasteiger partial charge on any atom is 0.280 e. The number of hydrogen-bond donors (Lipinski definition) is 3. The van der Waals surface area contributed by atoms with E-state index < -0.39 is 21.0 Å². The Morgan fingerprint density at radius 2 is 1.44 bits per heavy atom. The van der Waals surface area contributed by atoms with Crippen LogP contribution in [0.3, 0.4) is 0 Å². The highest BCUT2D eigenvalue weighted by atomic mass is 35.9. The molecule has 1 saturated heterocycles. The van der Waals surface area contributed by atoms with Gasteiger partial charge in [0.05, 0.1) is 6.61 Å². The number of hydrogen-bond acceptors (Lipinski definition) is 7. The van der Waals surface area contributed by atoms with Gasteiger partial charge < -0.3 is 14.7 Å². The lowest BCUT2D eigenvalue weighted by atomic mass is 10.3. The molecule has 0 saturated carbocycles. The van der Waals surface area contributed by atoms with Crippen molar-refractivity contribution < 1.29 is 4.52 Å². The maximum absolute atomic E-state index is 6.55. The zero-order valence-electron chi connectivity index (χ0n) is 14.2. The normalized spacial score (nSPS) is 25.6. The molecule has 0 amide bonds. The Bertz CT molecular complexity index is 924. The van der Waals surface area contributed by atoms with Gasteiger partial charge >= 0.3 is 0 Å². The molecule has 27 heavy (non-hydrogen) atoms. The third-order valence-electron chi connectivity index (χ3n) is 3.74. The largest absolute Gasteiger partial charge is 0.319 e. The molecule has 4 rings (SSSR count). The number of para-hydroxylation sites is 2. The number of nitrogens with zero attached hydrogens (tertiary/aromatic N) is 3. The van der Waals surface area contributed by atoms with Crippen LogP contribution in [0.1, 0.15) is 6.42 Å². The Hall–Kier alpha value is -0.770. The molecule has 0 aliphatic carbocycles. The zero-order chi connectivity index (χ0) is 18.8. The molecular weight excluding hydrogens is 444 g/mol. The average Bonchev–Trinajstić information content (AvgIpc) is 2.62. The summed E-state index contributed by atoms with van der Waals surface area (Å²) in [6.07, 6.45) is 0.892. The first-order valence-corrected chi connectivity index (χ1v) is 15.2. The van der Waals surface area contributed by atoms with Crippen molar-refractivity contribution in [1.29, 1.82) is 0 Å². The molecule has 2 aromatic carbocycles. The van der Waals surface area contributed by atoms with Crippen LogP contribution in [0, 0.1) is 0 Å². The molecule has 3 N–H and O–H groups in total. The second kappa shape index (κ2) is 7.93. The average molecular weight is 463 g/mol. The van der Waals surface area contributed by atoms with Gasteiger partial charge in [0, 0.05) is 17.9 Å². The molecule has 0 aromatic heterocycles. The van der Waals surface area contributed by atoms with E-state index in [0.717, 1.165) is 24.3 Å². The molecule has 144 valence electrons. The topological polar surface area (TPSA) is 82.4 Å². The van der Waals surface area contributed by atoms with Gasteiger partial charge in [-0.25, -0.2) is 5.09 Å². The van der Waals surface area contributed by atoms with Gasteiger partial charge in [-0.05, 0) is 53.2 Å². The van der Waals surface area contributed by atoms with Gasteiger partial charge in [0.25, 0.3) is 21.0 Å². The molecule has 1 fully saturated rings. The second-order valence-corrected chi connectivity index (χ2v) is 15.6. The summed E-state index contributed by atoms with van der Waals surface area (Å²) in [5.74, 6) is -2.98. The van der Waals surface area contributed by atoms with Crippen molar-refractivity contribution in [1.82, 2.24) is 5.09 Å². The number of halogens is 2. The van der Waals surface area contributed by atoms with Crippen LogP contribution >= 0.6 is 43.5 Å². The minimum Gasteiger partial charge on any atom is -0.319 e. The SMILES string of the molecule is ClP1(Cl)=NP(Nc2ccccc2)(Nc2ccccc2)=NP2(=N1)NCCCO2. The monoisotopic (exact) mass is 462 g/mol. The lowest BCUT2D eigenvalue weighted by Crippen LogP contribution is -2.21. The summed E-state index contributed by atoms with van der Waals surface area (Å²) in [6.45, 7) is 1.32. The van der Waals surface area contributed by atoms with Crippen molar-refractivity contribution in [3.63, 3.8) is 0 Å². The van der Waals surface area contributed by atoms with E-state index >= 15 is 0 Å². The Morgan fingerprint density at radius 1 is 0.852 bits per heavy atom. The number of benzene rings is 2. The molecule has 1 atom stereocenters. The second-order valence-electron chi connectivity index (χ2n) is 5.92. The van der Waals surface area contributed by atoms with Crippen molar-refractivity contribution in [2.45, 2.75) is 6.42 Å². The minimum absolute atomic E-state index is 0.568. The van der Waals surface area contributed by atoms with Gasteiger partial charge in [-0.3, -0.25) is 0 Å². The van der Waals surface area contributed by atoms with E-state index in [9.17, 15) is 0 Å². The number of nitrogens with one attached hydrogen (secondary N) is 3. The van der Waals surface area contributed by atoms with E-state index in [-0.39, 0.29) is 0 Å². The van der Waals surface area contributed by atoms with Gasteiger partial charge in [0.15, 0.2) is 0 Å². The van der Waals surface area contributed by atoms with Crippen molar-refractivity contribution in [2.24, 2.45) is 13.5 Å². The molecule has 0 bridgehead atoms.